The second-order valence-electron chi connectivity index (χ2n) is 7.18. The van der Waals surface area contributed by atoms with E-state index in [-0.39, 0.29) is 17.3 Å². The zero-order valence-corrected chi connectivity index (χ0v) is 18.9. The highest BCUT2D eigenvalue weighted by atomic mass is 32.2. The summed E-state index contributed by atoms with van der Waals surface area (Å²) in [5.74, 6) is 0.687. The number of nitro groups is 1. The Labute approximate surface area is 200 Å². The van der Waals surface area contributed by atoms with Gasteiger partial charge in [-0.05, 0) is 18.2 Å². The number of amides is 1. The molecule has 3 aromatic carbocycles. The molecule has 9 nitrogen and oxygen atoms in total. The normalized spacial score (nSPS) is 10.6. The van der Waals surface area contributed by atoms with E-state index >= 15 is 0 Å². The smallest absolute Gasteiger partial charge is 0.292 e. The molecular weight excluding hydrogens is 452 g/mol. The van der Waals surface area contributed by atoms with E-state index in [0.717, 1.165) is 11.3 Å². The molecule has 1 aromatic heterocycles. The molecule has 0 unspecified atom stereocenters. The average Bonchev–Trinajstić information content (AvgIpc) is 3.30. The van der Waals surface area contributed by atoms with Crippen LogP contribution in [0.1, 0.15) is 0 Å². The average molecular weight is 475 g/mol. The zero-order valence-electron chi connectivity index (χ0n) is 18.1. The van der Waals surface area contributed by atoms with Gasteiger partial charge in [0.15, 0.2) is 11.0 Å². The molecule has 0 saturated heterocycles. The minimum atomic E-state index is -0.440. The summed E-state index contributed by atoms with van der Waals surface area (Å²) < 4.78 is 1.93. The topological polar surface area (TPSA) is 115 Å². The summed E-state index contributed by atoms with van der Waals surface area (Å²) in [6.07, 6.45) is 0. The number of nitrogens with zero attached hydrogens (tertiary/aromatic N) is 4. The van der Waals surface area contributed by atoms with Crippen molar-refractivity contribution in [3.05, 3.63) is 95.0 Å². The van der Waals surface area contributed by atoms with Crippen LogP contribution in [0, 0.1) is 10.1 Å². The lowest BCUT2D eigenvalue weighted by Crippen LogP contribution is -2.30. The largest absolute Gasteiger partial charge is 0.378 e. The number of rotatable bonds is 10. The van der Waals surface area contributed by atoms with E-state index in [2.05, 4.69) is 20.8 Å². The molecule has 0 aliphatic carbocycles. The first-order chi connectivity index (χ1) is 16.6. The Kier molecular flexibility index (Phi) is 7.51. The maximum atomic E-state index is 12.4. The Hall–Kier alpha value is -4.18. The molecule has 0 radical (unpaired) electrons. The van der Waals surface area contributed by atoms with Crippen LogP contribution < -0.4 is 10.6 Å². The third-order valence-electron chi connectivity index (χ3n) is 4.88. The van der Waals surface area contributed by atoms with Gasteiger partial charge in [-0.25, -0.2) is 0 Å². The number of para-hydroxylation sites is 3. The van der Waals surface area contributed by atoms with Crippen LogP contribution in [0.2, 0.25) is 0 Å². The van der Waals surface area contributed by atoms with E-state index in [1.54, 1.807) is 18.2 Å². The number of aromatic nitrogens is 3. The Morgan fingerprint density at radius 2 is 1.59 bits per heavy atom. The Morgan fingerprint density at radius 3 is 2.32 bits per heavy atom. The number of hydrogen-bond acceptors (Lipinski definition) is 7. The van der Waals surface area contributed by atoms with Crippen LogP contribution in [-0.2, 0) is 4.79 Å². The highest BCUT2D eigenvalue weighted by Gasteiger charge is 2.17. The first kappa shape index (κ1) is 23.0. The lowest BCUT2D eigenvalue weighted by atomic mass is 10.2. The number of anilines is 1. The van der Waals surface area contributed by atoms with E-state index in [1.165, 1.54) is 17.8 Å². The van der Waals surface area contributed by atoms with Gasteiger partial charge in [0.2, 0.25) is 5.91 Å². The molecule has 1 heterocycles. The second-order valence-corrected chi connectivity index (χ2v) is 8.13. The summed E-state index contributed by atoms with van der Waals surface area (Å²) in [6.45, 7) is 0.686. The first-order valence-electron chi connectivity index (χ1n) is 10.6. The molecule has 34 heavy (non-hydrogen) atoms. The number of nitrogens with one attached hydrogen (secondary N) is 2. The van der Waals surface area contributed by atoms with Gasteiger partial charge in [-0.2, -0.15) is 0 Å². The number of carbonyl (C=O) groups excluding carboxylic acids is 1. The van der Waals surface area contributed by atoms with Crippen LogP contribution in [0.5, 0.6) is 0 Å². The number of nitro benzene ring substituents is 1. The molecule has 0 spiro atoms. The molecule has 0 aliphatic heterocycles. The molecule has 0 bridgehead atoms. The van der Waals surface area contributed by atoms with Crippen LogP contribution >= 0.6 is 11.8 Å². The minimum Gasteiger partial charge on any atom is -0.378 e. The number of carbonyl (C=O) groups is 1. The third kappa shape index (κ3) is 5.59. The van der Waals surface area contributed by atoms with Crippen molar-refractivity contribution in [1.82, 2.24) is 20.1 Å². The van der Waals surface area contributed by atoms with Crippen molar-refractivity contribution in [2.24, 2.45) is 0 Å². The van der Waals surface area contributed by atoms with Gasteiger partial charge in [-0.1, -0.05) is 72.4 Å². The van der Waals surface area contributed by atoms with Crippen molar-refractivity contribution >= 4 is 29.0 Å². The molecule has 2 N–H and O–H groups in total. The highest BCUT2D eigenvalue weighted by molar-refractivity contribution is 7.99. The van der Waals surface area contributed by atoms with Gasteiger partial charge in [-0.3, -0.25) is 19.5 Å². The Balaban J connectivity index is 1.37. The number of thioether (sulfide) groups is 1. The van der Waals surface area contributed by atoms with Gasteiger partial charge in [-0.15, -0.1) is 10.2 Å². The molecular formula is C24H22N6O3S. The summed E-state index contributed by atoms with van der Waals surface area (Å²) in [5.41, 5.74) is 2.25. The van der Waals surface area contributed by atoms with E-state index in [9.17, 15) is 14.9 Å². The lowest BCUT2D eigenvalue weighted by Gasteiger charge is -2.11. The molecule has 0 atom stereocenters. The van der Waals surface area contributed by atoms with Crippen LogP contribution in [0.25, 0.3) is 17.1 Å². The van der Waals surface area contributed by atoms with Crippen LogP contribution in [0.15, 0.2) is 90.1 Å². The molecule has 0 saturated carbocycles. The maximum Gasteiger partial charge on any atom is 0.292 e. The Bertz CT molecular complexity index is 1260. The van der Waals surface area contributed by atoms with Gasteiger partial charge < -0.3 is 10.6 Å². The van der Waals surface area contributed by atoms with Crippen molar-refractivity contribution in [2.45, 2.75) is 5.16 Å². The predicted octanol–water partition coefficient (Wildman–Crippen LogP) is 4.16. The Morgan fingerprint density at radius 1 is 0.912 bits per heavy atom. The van der Waals surface area contributed by atoms with Crippen LogP contribution in [0.4, 0.5) is 11.4 Å². The van der Waals surface area contributed by atoms with E-state index in [1.807, 2.05) is 65.2 Å². The van der Waals surface area contributed by atoms with Gasteiger partial charge in [0.05, 0.1) is 10.7 Å². The standard InChI is InChI=1S/C24H22N6O3S/c31-22(26-16-15-25-20-13-7-8-14-21(20)30(32)33)17-34-24-28-27-23(18-9-3-1-4-10-18)29(24)19-11-5-2-6-12-19/h1-14,25H,15-17H2,(H,26,31). The van der Waals surface area contributed by atoms with Crippen molar-refractivity contribution in [3.8, 4) is 17.1 Å². The summed E-state index contributed by atoms with van der Waals surface area (Å²) in [4.78, 5) is 23.0. The quantitative estimate of drug-likeness (QED) is 0.153. The minimum absolute atomic E-state index is 0.00106. The summed E-state index contributed by atoms with van der Waals surface area (Å²) in [6, 6.07) is 25.9. The van der Waals surface area contributed by atoms with Crippen molar-refractivity contribution in [2.75, 3.05) is 24.2 Å². The monoisotopic (exact) mass is 474 g/mol. The molecule has 172 valence electrons. The summed E-state index contributed by atoms with van der Waals surface area (Å²) in [7, 11) is 0. The van der Waals surface area contributed by atoms with E-state index < -0.39 is 4.92 Å². The SMILES string of the molecule is O=C(CSc1nnc(-c2ccccc2)n1-c1ccccc1)NCCNc1ccccc1[N+](=O)[O-]. The lowest BCUT2D eigenvalue weighted by molar-refractivity contribution is -0.384. The molecule has 0 fully saturated rings. The third-order valence-corrected chi connectivity index (χ3v) is 5.80. The van der Waals surface area contributed by atoms with Gasteiger partial charge >= 0.3 is 0 Å². The maximum absolute atomic E-state index is 12.4. The molecule has 10 heteroatoms. The van der Waals surface area contributed by atoms with E-state index in [0.29, 0.717) is 29.8 Å². The fourth-order valence-electron chi connectivity index (χ4n) is 3.31. The fraction of sp³-hybridized carbons (Fsp3) is 0.125. The molecule has 0 aliphatic rings. The van der Waals surface area contributed by atoms with Gasteiger partial charge in [0.25, 0.3) is 5.69 Å². The fourth-order valence-corrected chi connectivity index (χ4v) is 4.09. The number of benzene rings is 3. The van der Waals surface area contributed by atoms with Crippen LogP contribution in [0.3, 0.4) is 0 Å². The number of hydrogen-bond donors (Lipinski definition) is 2. The first-order valence-corrected chi connectivity index (χ1v) is 11.5. The van der Waals surface area contributed by atoms with Gasteiger partial charge in [0, 0.05) is 30.4 Å². The zero-order chi connectivity index (χ0) is 23.8. The second kappa shape index (κ2) is 11.1. The molecule has 1 amide bonds. The van der Waals surface area contributed by atoms with Crippen molar-refractivity contribution < 1.29 is 9.72 Å². The summed E-state index contributed by atoms with van der Waals surface area (Å²) in [5, 5.41) is 26.2. The van der Waals surface area contributed by atoms with Crippen LogP contribution in [-0.4, -0.2) is 44.4 Å². The molecule has 4 rings (SSSR count). The molecule has 4 aromatic rings. The van der Waals surface area contributed by atoms with Crippen molar-refractivity contribution in [1.29, 1.82) is 0 Å². The van der Waals surface area contributed by atoms with E-state index in [4.69, 9.17) is 0 Å². The predicted molar refractivity (Wildman–Crippen MR) is 132 cm³/mol. The van der Waals surface area contributed by atoms with Crippen molar-refractivity contribution in [3.63, 3.8) is 0 Å². The van der Waals surface area contributed by atoms with Gasteiger partial charge in [0.1, 0.15) is 5.69 Å². The highest BCUT2D eigenvalue weighted by Crippen LogP contribution is 2.27. The summed E-state index contributed by atoms with van der Waals surface area (Å²) >= 11 is 1.29.